The van der Waals surface area contributed by atoms with E-state index in [-0.39, 0.29) is 11.9 Å². The topological polar surface area (TPSA) is 64.3 Å². The Morgan fingerprint density at radius 1 is 1.55 bits per heavy atom. The van der Waals surface area contributed by atoms with E-state index in [1.807, 2.05) is 31.2 Å². The number of aryl methyl sites for hydroxylation is 1. The number of benzene rings is 1. The van der Waals surface area contributed by atoms with Crippen LogP contribution < -0.4 is 15.8 Å². The Labute approximate surface area is 124 Å². The first-order valence-electron chi connectivity index (χ1n) is 6.84. The molecule has 1 aliphatic rings. The Hall–Kier alpha value is -1.62. The summed E-state index contributed by atoms with van der Waals surface area (Å²) in [5, 5.41) is 2.89. The summed E-state index contributed by atoms with van der Waals surface area (Å²) in [5.41, 5.74) is 6.78. The summed E-state index contributed by atoms with van der Waals surface area (Å²) in [6.45, 7) is 2.35. The third-order valence-corrected chi connectivity index (χ3v) is 3.56. The van der Waals surface area contributed by atoms with Crippen molar-refractivity contribution in [2.75, 3.05) is 6.61 Å². The number of hydrogen-bond donors (Lipinski definition) is 2. The first-order chi connectivity index (χ1) is 9.56. The zero-order chi connectivity index (χ0) is 14.5. The van der Waals surface area contributed by atoms with Crippen molar-refractivity contribution < 1.29 is 9.53 Å². The lowest BCUT2D eigenvalue weighted by molar-refractivity contribution is -0.122. The smallest absolute Gasteiger partial charge is 0.223 e. The van der Waals surface area contributed by atoms with Gasteiger partial charge in [-0.2, -0.15) is 0 Å². The summed E-state index contributed by atoms with van der Waals surface area (Å²) >= 11 is 4.99. The van der Waals surface area contributed by atoms with E-state index >= 15 is 0 Å². The molecule has 1 unspecified atom stereocenters. The lowest BCUT2D eigenvalue weighted by Crippen LogP contribution is -2.45. The minimum absolute atomic E-state index is 0.0673. The molecule has 2 rings (SSSR count). The SMILES string of the molecule is Cc1cccc(OCCC(=O)NC(C(N)=S)C2CC2)c1. The van der Waals surface area contributed by atoms with Gasteiger partial charge in [0.25, 0.3) is 0 Å². The zero-order valence-electron chi connectivity index (χ0n) is 11.6. The highest BCUT2D eigenvalue weighted by atomic mass is 32.1. The van der Waals surface area contributed by atoms with Gasteiger partial charge in [0.2, 0.25) is 5.91 Å². The Morgan fingerprint density at radius 2 is 2.30 bits per heavy atom. The normalized spacial score (nSPS) is 15.4. The Kier molecular flexibility index (Phi) is 4.95. The van der Waals surface area contributed by atoms with Gasteiger partial charge in [-0.05, 0) is 43.4 Å². The number of amides is 1. The highest BCUT2D eigenvalue weighted by molar-refractivity contribution is 7.80. The first-order valence-corrected chi connectivity index (χ1v) is 7.25. The van der Waals surface area contributed by atoms with Crippen molar-refractivity contribution in [3.8, 4) is 5.75 Å². The molecule has 20 heavy (non-hydrogen) atoms. The van der Waals surface area contributed by atoms with Gasteiger partial charge in [0.15, 0.2) is 0 Å². The fourth-order valence-electron chi connectivity index (χ4n) is 2.06. The molecule has 0 bridgehead atoms. The Balaban J connectivity index is 1.73. The summed E-state index contributed by atoms with van der Waals surface area (Å²) in [6, 6.07) is 7.60. The van der Waals surface area contributed by atoms with Crippen LogP contribution in [0.2, 0.25) is 0 Å². The van der Waals surface area contributed by atoms with Gasteiger partial charge in [0, 0.05) is 0 Å². The maximum atomic E-state index is 11.8. The molecule has 1 fully saturated rings. The van der Waals surface area contributed by atoms with E-state index in [1.165, 1.54) is 0 Å². The van der Waals surface area contributed by atoms with Crippen molar-refractivity contribution in [1.29, 1.82) is 0 Å². The van der Waals surface area contributed by atoms with E-state index in [9.17, 15) is 4.79 Å². The molecule has 0 aromatic heterocycles. The van der Waals surface area contributed by atoms with Crippen LogP contribution in [0.3, 0.4) is 0 Å². The van der Waals surface area contributed by atoms with Crippen LogP contribution in [0.15, 0.2) is 24.3 Å². The molecule has 0 aliphatic heterocycles. The third-order valence-electron chi connectivity index (χ3n) is 3.30. The fraction of sp³-hybridized carbons (Fsp3) is 0.467. The van der Waals surface area contributed by atoms with E-state index in [2.05, 4.69) is 5.32 Å². The Morgan fingerprint density at radius 3 is 2.90 bits per heavy atom. The van der Waals surface area contributed by atoms with E-state index in [0.717, 1.165) is 24.2 Å². The number of nitrogens with one attached hydrogen (secondary N) is 1. The molecule has 108 valence electrons. The van der Waals surface area contributed by atoms with Crippen LogP contribution in [-0.4, -0.2) is 23.5 Å². The molecule has 1 aromatic carbocycles. The highest BCUT2D eigenvalue weighted by Gasteiger charge is 2.33. The average Bonchev–Trinajstić information content (AvgIpc) is 3.20. The molecule has 1 saturated carbocycles. The van der Waals surface area contributed by atoms with E-state index in [1.54, 1.807) is 0 Å². The molecule has 0 heterocycles. The van der Waals surface area contributed by atoms with Crippen LogP contribution in [-0.2, 0) is 4.79 Å². The van der Waals surface area contributed by atoms with Crippen molar-refractivity contribution in [2.45, 2.75) is 32.2 Å². The molecule has 1 aliphatic carbocycles. The lowest BCUT2D eigenvalue weighted by atomic mass is 10.2. The molecule has 1 amide bonds. The van der Waals surface area contributed by atoms with Crippen molar-refractivity contribution in [3.63, 3.8) is 0 Å². The molecule has 0 spiro atoms. The van der Waals surface area contributed by atoms with E-state index < -0.39 is 0 Å². The van der Waals surface area contributed by atoms with Crippen LogP contribution in [0, 0.1) is 12.8 Å². The molecular formula is C15H20N2O2S. The summed E-state index contributed by atoms with van der Waals surface area (Å²) in [7, 11) is 0. The summed E-state index contributed by atoms with van der Waals surface area (Å²) in [5.74, 6) is 1.14. The van der Waals surface area contributed by atoms with Crippen LogP contribution >= 0.6 is 12.2 Å². The molecule has 1 atom stereocenters. The van der Waals surface area contributed by atoms with Crippen LogP contribution in [0.1, 0.15) is 24.8 Å². The largest absolute Gasteiger partial charge is 0.493 e. The third kappa shape index (κ3) is 4.49. The van der Waals surface area contributed by atoms with Gasteiger partial charge in [-0.25, -0.2) is 0 Å². The van der Waals surface area contributed by atoms with Crippen molar-refractivity contribution in [1.82, 2.24) is 5.32 Å². The lowest BCUT2D eigenvalue weighted by Gasteiger charge is -2.16. The number of carbonyl (C=O) groups excluding carboxylic acids is 1. The average molecular weight is 292 g/mol. The zero-order valence-corrected chi connectivity index (χ0v) is 12.4. The van der Waals surface area contributed by atoms with Crippen molar-refractivity contribution in [3.05, 3.63) is 29.8 Å². The number of nitrogens with two attached hydrogens (primary N) is 1. The van der Waals surface area contributed by atoms with Crippen LogP contribution in [0.4, 0.5) is 0 Å². The van der Waals surface area contributed by atoms with Gasteiger partial charge in [-0.15, -0.1) is 0 Å². The fourth-order valence-corrected chi connectivity index (χ4v) is 2.31. The second-order valence-electron chi connectivity index (χ2n) is 5.20. The van der Waals surface area contributed by atoms with E-state index in [0.29, 0.717) is 23.9 Å². The van der Waals surface area contributed by atoms with Crippen molar-refractivity contribution in [2.24, 2.45) is 11.7 Å². The number of hydrogen-bond acceptors (Lipinski definition) is 3. The monoisotopic (exact) mass is 292 g/mol. The molecule has 5 heteroatoms. The molecule has 0 saturated heterocycles. The maximum absolute atomic E-state index is 11.8. The molecular weight excluding hydrogens is 272 g/mol. The molecule has 0 radical (unpaired) electrons. The number of carbonyl (C=O) groups is 1. The predicted octanol–water partition coefficient (Wildman–Crippen LogP) is 1.94. The summed E-state index contributed by atoms with van der Waals surface area (Å²) < 4.78 is 5.55. The van der Waals surface area contributed by atoms with Crippen molar-refractivity contribution >= 4 is 23.1 Å². The minimum atomic E-state index is -0.156. The molecule has 1 aromatic rings. The van der Waals surface area contributed by atoms with Gasteiger partial charge >= 0.3 is 0 Å². The second kappa shape index (κ2) is 6.70. The number of ether oxygens (including phenoxy) is 1. The van der Waals surface area contributed by atoms with Gasteiger partial charge in [0.1, 0.15) is 5.75 Å². The number of thiocarbonyl (C=S) groups is 1. The number of rotatable bonds is 7. The predicted molar refractivity (Wildman–Crippen MR) is 82.7 cm³/mol. The van der Waals surface area contributed by atoms with Gasteiger partial charge in [-0.1, -0.05) is 24.4 Å². The van der Waals surface area contributed by atoms with Crippen LogP contribution in [0.25, 0.3) is 0 Å². The van der Waals surface area contributed by atoms with Crippen LogP contribution in [0.5, 0.6) is 5.75 Å². The van der Waals surface area contributed by atoms with E-state index in [4.69, 9.17) is 22.7 Å². The molecule has 3 N–H and O–H groups in total. The Bertz CT molecular complexity index is 500. The minimum Gasteiger partial charge on any atom is -0.493 e. The summed E-state index contributed by atoms with van der Waals surface area (Å²) in [6.07, 6.45) is 2.48. The van der Waals surface area contributed by atoms with Gasteiger partial charge in [-0.3, -0.25) is 4.79 Å². The second-order valence-corrected chi connectivity index (χ2v) is 5.67. The van der Waals surface area contributed by atoms with Gasteiger partial charge in [0.05, 0.1) is 24.1 Å². The van der Waals surface area contributed by atoms with Gasteiger partial charge < -0.3 is 15.8 Å². The quantitative estimate of drug-likeness (QED) is 0.754. The maximum Gasteiger partial charge on any atom is 0.223 e. The highest BCUT2D eigenvalue weighted by Crippen LogP contribution is 2.32. The standard InChI is InChI=1S/C15H20N2O2S/c1-10-3-2-4-12(9-10)19-8-7-13(18)17-14(15(16)20)11-5-6-11/h2-4,9,11,14H,5-8H2,1H3,(H2,16,20)(H,17,18). The molecule has 4 nitrogen and oxygen atoms in total. The summed E-state index contributed by atoms with van der Waals surface area (Å²) in [4.78, 5) is 12.2. The first kappa shape index (κ1) is 14.8.